The Morgan fingerprint density at radius 1 is 0.614 bits per heavy atom. The van der Waals surface area contributed by atoms with Crippen molar-refractivity contribution in [3.05, 3.63) is 48.6 Å². The molecule has 0 aromatic carbocycles. The highest BCUT2D eigenvalue weighted by molar-refractivity contribution is 5.75. The third-order valence-electron chi connectivity index (χ3n) is 14.4. The maximum absolute atomic E-state index is 12.7. The van der Waals surface area contributed by atoms with Crippen molar-refractivity contribution in [3.8, 4) is 0 Å². The minimum atomic E-state index is -0.394. The van der Waals surface area contributed by atoms with E-state index < -0.39 is 5.79 Å². The number of allylic oxidation sites excluding steroid dienone is 8. The smallest absolute Gasteiger partial charge is 0.219 e. The molecule has 410 valence electrons. The van der Waals surface area contributed by atoms with Crippen LogP contribution in [-0.2, 0) is 23.7 Å². The van der Waals surface area contributed by atoms with E-state index in [1.54, 1.807) is 0 Å². The van der Waals surface area contributed by atoms with Gasteiger partial charge in [0.25, 0.3) is 0 Å². The maximum Gasteiger partial charge on any atom is 0.219 e. The summed E-state index contributed by atoms with van der Waals surface area (Å²) < 4.78 is 25.9. The SMILES string of the molecule is CCCCCC=CCC=CCCCCCCCCC1(CCCCCCCCC=CCC=CCCCCC)OCC(CCN(C)CCCCCC(=O)NCCC(C)(CC)OCCC(C)(C)OCCNC)O1. The van der Waals surface area contributed by atoms with Gasteiger partial charge in [0.2, 0.25) is 5.91 Å². The molecule has 1 rings (SSSR count). The van der Waals surface area contributed by atoms with E-state index in [2.05, 4.69) is 113 Å². The number of nitrogens with zero attached hydrogens (tertiary/aromatic N) is 1. The molecule has 2 unspecified atom stereocenters. The van der Waals surface area contributed by atoms with Crippen molar-refractivity contribution in [1.29, 1.82) is 0 Å². The normalized spacial score (nSPS) is 17.7. The number of nitrogens with one attached hydrogen (secondary N) is 2. The summed E-state index contributed by atoms with van der Waals surface area (Å²) in [5, 5.41) is 6.29. The van der Waals surface area contributed by atoms with Gasteiger partial charge in [0, 0.05) is 38.9 Å². The molecule has 1 heterocycles. The predicted molar refractivity (Wildman–Crippen MR) is 303 cm³/mol. The fraction of sp³-hybridized carbons (Fsp3) is 0.855. The summed E-state index contributed by atoms with van der Waals surface area (Å²) in [5.74, 6) is -0.242. The third kappa shape index (κ3) is 39.7. The Kier molecular flexibility index (Phi) is 43.3. The molecule has 0 spiro atoms. The first-order valence-electron chi connectivity index (χ1n) is 29.8. The molecular weight excluding hydrogens is 867 g/mol. The molecule has 2 atom stereocenters. The molecule has 8 nitrogen and oxygen atoms in total. The van der Waals surface area contributed by atoms with Crippen LogP contribution in [0.5, 0.6) is 0 Å². The largest absolute Gasteiger partial charge is 0.375 e. The molecule has 0 radical (unpaired) electrons. The molecule has 2 N–H and O–H groups in total. The van der Waals surface area contributed by atoms with Crippen LogP contribution in [0.4, 0.5) is 0 Å². The summed E-state index contributed by atoms with van der Waals surface area (Å²) in [7, 11) is 4.17. The third-order valence-corrected chi connectivity index (χ3v) is 14.4. The second kappa shape index (κ2) is 45.8. The van der Waals surface area contributed by atoms with E-state index >= 15 is 0 Å². The zero-order chi connectivity index (χ0) is 51.1. The quantitative estimate of drug-likeness (QED) is 0.0464. The lowest BCUT2D eigenvalue weighted by molar-refractivity contribution is -0.180. The van der Waals surface area contributed by atoms with Crippen LogP contribution >= 0.6 is 0 Å². The predicted octanol–water partition coefficient (Wildman–Crippen LogP) is 16.5. The first-order chi connectivity index (χ1) is 34.0. The summed E-state index contributed by atoms with van der Waals surface area (Å²) in [6.45, 7) is 18.7. The van der Waals surface area contributed by atoms with Gasteiger partial charge < -0.3 is 34.5 Å². The Morgan fingerprint density at radius 3 is 1.66 bits per heavy atom. The molecule has 0 aromatic heterocycles. The van der Waals surface area contributed by atoms with Crippen molar-refractivity contribution < 1.29 is 23.7 Å². The number of carbonyl (C=O) groups excluding carboxylic acids is 1. The topological polar surface area (TPSA) is 81.3 Å². The van der Waals surface area contributed by atoms with Crippen LogP contribution in [0.1, 0.15) is 260 Å². The van der Waals surface area contributed by atoms with Crippen LogP contribution in [0, 0.1) is 0 Å². The second-order valence-corrected chi connectivity index (χ2v) is 21.7. The van der Waals surface area contributed by atoms with Crippen LogP contribution in [0.25, 0.3) is 0 Å². The van der Waals surface area contributed by atoms with Crippen LogP contribution in [0.2, 0.25) is 0 Å². The number of ether oxygens (including phenoxy) is 4. The average molecular weight is 985 g/mol. The highest BCUT2D eigenvalue weighted by Crippen LogP contribution is 2.36. The Balaban J connectivity index is 2.39. The molecule has 0 bridgehead atoms. The molecule has 1 amide bonds. The minimum Gasteiger partial charge on any atom is -0.375 e. The summed E-state index contributed by atoms with van der Waals surface area (Å²) in [6, 6.07) is 0. The van der Waals surface area contributed by atoms with E-state index in [1.165, 1.54) is 141 Å². The number of amides is 1. The number of carbonyl (C=O) groups is 1. The van der Waals surface area contributed by atoms with Gasteiger partial charge in [-0.1, -0.05) is 153 Å². The van der Waals surface area contributed by atoms with Crippen LogP contribution in [0.3, 0.4) is 0 Å². The van der Waals surface area contributed by atoms with Crippen molar-refractivity contribution in [2.45, 2.75) is 283 Å². The van der Waals surface area contributed by atoms with E-state index in [9.17, 15) is 4.79 Å². The van der Waals surface area contributed by atoms with Gasteiger partial charge in [0.05, 0.1) is 37.1 Å². The van der Waals surface area contributed by atoms with Gasteiger partial charge in [-0.15, -0.1) is 0 Å². The van der Waals surface area contributed by atoms with E-state index in [1.807, 2.05) is 7.05 Å². The lowest BCUT2D eigenvalue weighted by Crippen LogP contribution is -2.36. The standard InChI is InChI=1S/C62H117N3O5/c1-9-12-14-16-18-20-22-24-26-28-30-32-34-36-38-42-47-62(48-43-39-37-35-33-31-29-27-25-23-21-19-17-15-13-10-2)69-57-58(70-62)46-54-65(8)53-44-40-41-45-59(66)64-51-49-61(6,11-3)68-55-50-60(4,5)67-56-52-63-7/h18-21,24-27,58,63H,9-17,22-23,28-57H2,1-8H3,(H,64,66). The van der Waals surface area contributed by atoms with Crippen LogP contribution < -0.4 is 10.6 Å². The molecule has 0 saturated carbocycles. The Labute approximate surface area is 435 Å². The number of likely N-dealkylation sites (N-methyl/N-ethyl adjacent to an activating group) is 1. The molecule has 1 aliphatic heterocycles. The fourth-order valence-electron chi connectivity index (χ4n) is 9.18. The lowest BCUT2D eigenvalue weighted by Gasteiger charge is -2.32. The van der Waals surface area contributed by atoms with Gasteiger partial charge in [0.1, 0.15) is 0 Å². The van der Waals surface area contributed by atoms with E-state index in [0.29, 0.717) is 26.2 Å². The molecular formula is C62H117N3O5. The minimum absolute atomic E-state index is 0.152. The summed E-state index contributed by atoms with van der Waals surface area (Å²) in [6.07, 6.45) is 58.8. The monoisotopic (exact) mass is 984 g/mol. The number of hydrogen-bond acceptors (Lipinski definition) is 7. The molecule has 8 heteroatoms. The lowest BCUT2D eigenvalue weighted by atomic mass is 9.98. The zero-order valence-electron chi connectivity index (χ0n) is 47.7. The van der Waals surface area contributed by atoms with Gasteiger partial charge >= 0.3 is 0 Å². The van der Waals surface area contributed by atoms with Crippen molar-refractivity contribution in [3.63, 3.8) is 0 Å². The molecule has 70 heavy (non-hydrogen) atoms. The fourth-order valence-corrected chi connectivity index (χ4v) is 9.18. The summed E-state index contributed by atoms with van der Waals surface area (Å²) >= 11 is 0. The van der Waals surface area contributed by atoms with E-state index in [-0.39, 0.29) is 23.2 Å². The van der Waals surface area contributed by atoms with E-state index in [4.69, 9.17) is 18.9 Å². The number of hydrogen-bond donors (Lipinski definition) is 2. The zero-order valence-corrected chi connectivity index (χ0v) is 47.7. The highest BCUT2D eigenvalue weighted by atomic mass is 16.7. The van der Waals surface area contributed by atoms with Gasteiger partial charge in [-0.2, -0.15) is 0 Å². The number of rotatable bonds is 51. The molecule has 1 aliphatic rings. The average Bonchev–Trinajstić information content (AvgIpc) is 3.75. The highest BCUT2D eigenvalue weighted by Gasteiger charge is 2.40. The Morgan fingerprint density at radius 2 is 1.13 bits per heavy atom. The maximum atomic E-state index is 12.7. The summed E-state index contributed by atoms with van der Waals surface area (Å²) in [4.78, 5) is 15.1. The van der Waals surface area contributed by atoms with Crippen molar-refractivity contribution in [2.24, 2.45) is 0 Å². The van der Waals surface area contributed by atoms with Crippen molar-refractivity contribution in [1.82, 2.24) is 15.5 Å². The Bertz CT molecular complexity index is 1250. The van der Waals surface area contributed by atoms with Gasteiger partial charge in [-0.25, -0.2) is 0 Å². The molecule has 1 saturated heterocycles. The summed E-state index contributed by atoms with van der Waals surface area (Å²) in [5.41, 5.74) is -0.465. The van der Waals surface area contributed by atoms with Gasteiger partial charge in [-0.05, 0) is 157 Å². The van der Waals surface area contributed by atoms with Crippen LogP contribution in [0.15, 0.2) is 48.6 Å². The second-order valence-electron chi connectivity index (χ2n) is 21.7. The molecule has 0 aromatic rings. The first-order valence-corrected chi connectivity index (χ1v) is 29.8. The van der Waals surface area contributed by atoms with Gasteiger partial charge in [-0.3, -0.25) is 4.79 Å². The Hall–Kier alpha value is -1.81. The first kappa shape index (κ1) is 66.2. The molecule has 1 fully saturated rings. The number of unbranched alkanes of at least 4 members (excludes halogenated alkanes) is 20. The van der Waals surface area contributed by atoms with Crippen molar-refractivity contribution in [2.75, 3.05) is 60.1 Å². The van der Waals surface area contributed by atoms with Crippen molar-refractivity contribution >= 4 is 5.91 Å². The van der Waals surface area contributed by atoms with E-state index in [0.717, 1.165) is 96.9 Å². The van der Waals surface area contributed by atoms with Gasteiger partial charge in [0.15, 0.2) is 5.79 Å². The van der Waals surface area contributed by atoms with Crippen LogP contribution in [-0.4, -0.2) is 94.0 Å². The molecule has 0 aliphatic carbocycles.